The Morgan fingerprint density at radius 1 is 0.304 bits per heavy atom. The molecule has 0 aliphatic carbocycles. The molecule has 264 valence electrons. The van der Waals surface area contributed by atoms with Crippen LogP contribution in [0.5, 0.6) is 0 Å². The Labute approximate surface area is 326 Å². The highest BCUT2D eigenvalue weighted by Gasteiger charge is 2.16. The number of aromatic nitrogens is 1. The van der Waals surface area contributed by atoms with Gasteiger partial charge in [-0.25, -0.2) is 4.98 Å². The van der Waals surface area contributed by atoms with Crippen molar-refractivity contribution < 1.29 is 4.42 Å². The van der Waals surface area contributed by atoms with Crippen molar-refractivity contribution in [3.8, 4) is 56.0 Å². The molecule has 1 heterocycles. The Kier molecular flexibility index (Phi) is 8.51. The molecule has 0 aliphatic rings. The van der Waals surface area contributed by atoms with Gasteiger partial charge in [0.2, 0.25) is 5.89 Å². The summed E-state index contributed by atoms with van der Waals surface area (Å²) >= 11 is 0. The molecule has 10 aromatic rings. The first-order valence-corrected chi connectivity index (χ1v) is 18.9. The Balaban J connectivity index is 0.956. The molecule has 10 rings (SSSR count). The zero-order valence-electron chi connectivity index (χ0n) is 30.6. The van der Waals surface area contributed by atoms with Gasteiger partial charge in [-0.2, -0.15) is 0 Å². The molecule has 0 bridgehead atoms. The third-order valence-electron chi connectivity index (χ3n) is 10.6. The molecular weight excluding hydrogens is 681 g/mol. The summed E-state index contributed by atoms with van der Waals surface area (Å²) in [6.07, 6.45) is 0. The zero-order chi connectivity index (χ0) is 37.3. The first-order valence-electron chi connectivity index (χ1n) is 18.9. The maximum atomic E-state index is 6.17. The van der Waals surface area contributed by atoms with Crippen molar-refractivity contribution in [1.29, 1.82) is 0 Å². The normalized spacial score (nSPS) is 11.2. The summed E-state index contributed by atoms with van der Waals surface area (Å²) < 4.78 is 6.17. The lowest BCUT2D eigenvalue weighted by molar-refractivity contribution is 0.620. The summed E-state index contributed by atoms with van der Waals surface area (Å²) in [4.78, 5) is 7.25. The van der Waals surface area contributed by atoms with Crippen molar-refractivity contribution in [2.24, 2.45) is 0 Å². The number of anilines is 3. The van der Waals surface area contributed by atoms with Crippen LogP contribution in [0.15, 0.2) is 223 Å². The first kappa shape index (κ1) is 33.1. The van der Waals surface area contributed by atoms with E-state index in [1.54, 1.807) is 0 Å². The van der Waals surface area contributed by atoms with Crippen molar-refractivity contribution in [3.63, 3.8) is 0 Å². The summed E-state index contributed by atoms with van der Waals surface area (Å²) in [5.74, 6) is 0.638. The zero-order valence-corrected chi connectivity index (χ0v) is 30.6. The van der Waals surface area contributed by atoms with Gasteiger partial charge in [-0.15, -0.1) is 0 Å². The number of nitrogens with zero attached hydrogens (tertiary/aromatic N) is 2. The van der Waals surface area contributed by atoms with Crippen LogP contribution in [-0.2, 0) is 0 Å². The highest BCUT2D eigenvalue weighted by Crippen LogP contribution is 2.39. The Hall–Kier alpha value is -7.49. The third kappa shape index (κ3) is 6.31. The maximum absolute atomic E-state index is 6.17. The van der Waals surface area contributed by atoms with E-state index in [1.807, 2.05) is 36.4 Å². The maximum Gasteiger partial charge on any atom is 0.227 e. The van der Waals surface area contributed by atoms with E-state index >= 15 is 0 Å². The van der Waals surface area contributed by atoms with Gasteiger partial charge in [0.15, 0.2) is 5.58 Å². The monoisotopic (exact) mass is 716 g/mol. The van der Waals surface area contributed by atoms with Gasteiger partial charge < -0.3 is 9.32 Å². The second-order valence-corrected chi connectivity index (χ2v) is 14.0. The van der Waals surface area contributed by atoms with E-state index in [9.17, 15) is 0 Å². The van der Waals surface area contributed by atoms with E-state index in [2.05, 4.69) is 187 Å². The lowest BCUT2D eigenvalue weighted by atomic mass is 9.95. The molecule has 0 atom stereocenters. The molecule has 0 N–H and O–H groups in total. The molecule has 0 radical (unpaired) electrons. The van der Waals surface area contributed by atoms with Crippen LogP contribution in [0.2, 0.25) is 0 Å². The number of oxazole rings is 1. The minimum absolute atomic E-state index is 0.638. The number of benzene rings is 9. The molecule has 1 aromatic heterocycles. The number of hydrogen-bond acceptors (Lipinski definition) is 3. The molecule has 3 heteroatoms. The smallest absolute Gasteiger partial charge is 0.227 e. The minimum atomic E-state index is 0.638. The van der Waals surface area contributed by atoms with Crippen LogP contribution in [0.25, 0.3) is 77.8 Å². The van der Waals surface area contributed by atoms with Crippen LogP contribution in [0, 0.1) is 0 Å². The fraction of sp³-hybridized carbons (Fsp3) is 0. The fourth-order valence-corrected chi connectivity index (χ4v) is 7.66. The van der Waals surface area contributed by atoms with Gasteiger partial charge in [0.25, 0.3) is 0 Å². The summed E-state index contributed by atoms with van der Waals surface area (Å²) in [6.45, 7) is 0. The molecule has 0 unspecified atom stereocenters. The van der Waals surface area contributed by atoms with Crippen molar-refractivity contribution >= 4 is 38.9 Å². The van der Waals surface area contributed by atoms with Gasteiger partial charge in [0.1, 0.15) is 5.52 Å². The van der Waals surface area contributed by atoms with E-state index < -0.39 is 0 Å². The van der Waals surface area contributed by atoms with Crippen LogP contribution >= 0.6 is 0 Å². The Bertz CT molecular complexity index is 2820. The highest BCUT2D eigenvalue weighted by atomic mass is 16.3. The van der Waals surface area contributed by atoms with Crippen molar-refractivity contribution in [3.05, 3.63) is 218 Å². The van der Waals surface area contributed by atoms with Gasteiger partial charge in [-0.1, -0.05) is 158 Å². The predicted octanol–water partition coefficient (Wildman–Crippen LogP) is 14.8. The number of fused-ring (bicyclic) bond motifs is 3. The number of rotatable bonds is 8. The van der Waals surface area contributed by atoms with Crippen molar-refractivity contribution in [2.75, 3.05) is 4.90 Å². The first-order chi connectivity index (χ1) is 27.7. The second kappa shape index (κ2) is 14.4. The van der Waals surface area contributed by atoms with Gasteiger partial charge in [0.05, 0.1) is 0 Å². The summed E-state index contributed by atoms with van der Waals surface area (Å²) in [6, 6.07) is 77.1. The van der Waals surface area contributed by atoms with E-state index in [1.165, 1.54) is 27.8 Å². The second-order valence-electron chi connectivity index (χ2n) is 14.0. The minimum Gasteiger partial charge on any atom is -0.436 e. The summed E-state index contributed by atoms with van der Waals surface area (Å²) in [5.41, 5.74) is 15.4. The van der Waals surface area contributed by atoms with Gasteiger partial charge >= 0.3 is 0 Å². The quantitative estimate of drug-likeness (QED) is 0.157. The van der Waals surface area contributed by atoms with Crippen molar-refractivity contribution in [2.45, 2.75) is 0 Å². The van der Waals surface area contributed by atoms with E-state index in [0.717, 1.165) is 61.2 Å². The predicted molar refractivity (Wildman–Crippen MR) is 233 cm³/mol. The van der Waals surface area contributed by atoms with Crippen LogP contribution < -0.4 is 4.90 Å². The fourth-order valence-electron chi connectivity index (χ4n) is 7.66. The van der Waals surface area contributed by atoms with Crippen LogP contribution in [0.4, 0.5) is 17.1 Å². The largest absolute Gasteiger partial charge is 0.436 e. The SMILES string of the molecule is c1ccc(-c2ccc(N(c3ccc(-c4ccccc4)cc3)c3ccc(-c4ccc(-c5cccc6c5ccc5oc(-c7ccccc7)nc56)cc4)cc3)cc2)cc1. The standard InChI is InChI=1S/C53H36N2O/c1-4-11-37(12-5-1)40-23-29-45(30-24-40)55(46-31-25-41(26-32-46)38-13-6-2-7-14-38)47-33-27-42(28-34-47)39-19-21-43(22-20-39)48-17-10-18-50-49(48)35-36-51-52(50)54-53(56-51)44-15-8-3-9-16-44/h1-36H. The van der Waals surface area contributed by atoms with E-state index in [-0.39, 0.29) is 0 Å². The summed E-state index contributed by atoms with van der Waals surface area (Å²) in [7, 11) is 0. The van der Waals surface area contributed by atoms with Crippen LogP contribution in [0.3, 0.4) is 0 Å². The Morgan fingerprint density at radius 2 is 0.714 bits per heavy atom. The molecule has 0 amide bonds. The summed E-state index contributed by atoms with van der Waals surface area (Å²) in [5, 5.41) is 2.23. The average Bonchev–Trinajstić information content (AvgIpc) is 3.74. The Morgan fingerprint density at radius 3 is 1.20 bits per heavy atom. The van der Waals surface area contributed by atoms with E-state index in [0.29, 0.717) is 5.89 Å². The molecule has 56 heavy (non-hydrogen) atoms. The lowest BCUT2D eigenvalue weighted by Gasteiger charge is -2.26. The van der Waals surface area contributed by atoms with Gasteiger partial charge in [0, 0.05) is 28.0 Å². The van der Waals surface area contributed by atoms with Crippen LogP contribution in [-0.4, -0.2) is 4.98 Å². The van der Waals surface area contributed by atoms with Gasteiger partial charge in [-0.3, -0.25) is 0 Å². The molecule has 3 nitrogen and oxygen atoms in total. The number of hydrogen-bond donors (Lipinski definition) is 0. The average molecular weight is 717 g/mol. The van der Waals surface area contributed by atoms with Crippen LogP contribution in [0.1, 0.15) is 0 Å². The lowest BCUT2D eigenvalue weighted by Crippen LogP contribution is -2.09. The molecular formula is C53H36N2O. The molecule has 0 fully saturated rings. The third-order valence-corrected chi connectivity index (χ3v) is 10.6. The highest BCUT2D eigenvalue weighted by molar-refractivity contribution is 6.09. The molecule has 0 spiro atoms. The molecule has 0 saturated heterocycles. The molecule has 0 aliphatic heterocycles. The molecule has 0 saturated carbocycles. The molecule has 9 aromatic carbocycles. The van der Waals surface area contributed by atoms with Crippen molar-refractivity contribution in [1.82, 2.24) is 4.98 Å². The topological polar surface area (TPSA) is 29.3 Å². The van der Waals surface area contributed by atoms with Gasteiger partial charge in [-0.05, 0) is 111 Å². The van der Waals surface area contributed by atoms with E-state index in [4.69, 9.17) is 9.40 Å².